The van der Waals surface area contributed by atoms with Crippen molar-refractivity contribution >= 4 is 12.0 Å². The molecule has 2 N–H and O–H groups in total. The molecule has 0 aliphatic carbocycles. The van der Waals surface area contributed by atoms with Gasteiger partial charge in [0.1, 0.15) is 0 Å². The Labute approximate surface area is 75.2 Å². The predicted molar refractivity (Wildman–Crippen MR) is 46.8 cm³/mol. The first kappa shape index (κ1) is 9.41. The highest BCUT2D eigenvalue weighted by Gasteiger charge is 1.93. The third kappa shape index (κ3) is 3.04. The standard InChI is InChI=1S/C9H9NO3/c11-6-8-3-1-2-7(10-8)4-5-9(12)13/h1-5,11H,6H2,(H,12,13). The molecule has 4 nitrogen and oxygen atoms in total. The number of carboxylic acid groups (broad SMARTS) is 1. The lowest BCUT2D eigenvalue weighted by Crippen LogP contribution is -1.91. The Morgan fingerprint density at radius 2 is 2.31 bits per heavy atom. The van der Waals surface area contributed by atoms with Gasteiger partial charge in [0.2, 0.25) is 0 Å². The van der Waals surface area contributed by atoms with Gasteiger partial charge in [0.15, 0.2) is 0 Å². The molecule has 0 amide bonds. The molecular weight excluding hydrogens is 170 g/mol. The molecule has 1 rings (SSSR count). The Kier molecular flexibility index (Phi) is 3.16. The maximum Gasteiger partial charge on any atom is 0.328 e. The molecule has 0 unspecified atom stereocenters. The molecule has 0 spiro atoms. The molecule has 0 aliphatic heterocycles. The fourth-order valence-electron chi connectivity index (χ4n) is 0.836. The summed E-state index contributed by atoms with van der Waals surface area (Å²) in [6.07, 6.45) is 2.38. The molecule has 0 atom stereocenters. The first-order valence-electron chi connectivity index (χ1n) is 3.70. The van der Waals surface area contributed by atoms with Gasteiger partial charge < -0.3 is 10.2 Å². The van der Waals surface area contributed by atoms with Gasteiger partial charge in [-0.2, -0.15) is 0 Å². The van der Waals surface area contributed by atoms with Gasteiger partial charge in [-0.1, -0.05) is 6.07 Å². The number of aliphatic hydroxyl groups excluding tert-OH is 1. The maximum absolute atomic E-state index is 10.2. The summed E-state index contributed by atoms with van der Waals surface area (Å²) in [4.78, 5) is 14.1. The van der Waals surface area contributed by atoms with Gasteiger partial charge in [-0.25, -0.2) is 4.79 Å². The minimum absolute atomic E-state index is 0.144. The number of carboxylic acids is 1. The van der Waals surface area contributed by atoms with Crippen molar-refractivity contribution in [3.8, 4) is 0 Å². The second-order valence-electron chi connectivity index (χ2n) is 2.38. The number of rotatable bonds is 3. The van der Waals surface area contributed by atoms with Crippen LogP contribution in [0.5, 0.6) is 0 Å². The summed E-state index contributed by atoms with van der Waals surface area (Å²) in [7, 11) is 0. The number of hydrogen-bond donors (Lipinski definition) is 2. The third-order valence-corrected chi connectivity index (χ3v) is 1.39. The highest BCUT2D eigenvalue weighted by molar-refractivity contribution is 5.84. The molecule has 68 valence electrons. The van der Waals surface area contributed by atoms with Gasteiger partial charge in [-0.3, -0.25) is 4.98 Å². The van der Waals surface area contributed by atoms with Crippen LogP contribution in [0.3, 0.4) is 0 Å². The van der Waals surface area contributed by atoms with Crippen molar-refractivity contribution in [2.75, 3.05) is 0 Å². The molecular formula is C9H9NO3. The Bertz CT molecular complexity index is 333. The summed E-state index contributed by atoms with van der Waals surface area (Å²) >= 11 is 0. The van der Waals surface area contributed by atoms with Crippen molar-refractivity contribution in [1.82, 2.24) is 4.98 Å². The van der Waals surface area contributed by atoms with Gasteiger partial charge in [0.25, 0.3) is 0 Å². The molecule has 0 radical (unpaired) electrons. The number of carbonyl (C=O) groups is 1. The van der Waals surface area contributed by atoms with E-state index in [1.807, 2.05) is 0 Å². The van der Waals surface area contributed by atoms with Gasteiger partial charge in [0.05, 0.1) is 18.0 Å². The van der Waals surface area contributed by atoms with E-state index in [9.17, 15) is 4.79 Å². The van der Waals surface area contributed by atoms with E-state index in [1.54, 1.807) is 18.2 Å². The number of aromatic nitrogens is 1. The van der Waals surface area contributed by atoms with E-state index in [1.165, 1.54) is 6.08 Å². The molecule has 4 heteroatoms. The second-order valence-corrected chi connectivity index (χ2v) is 2.38. The zero-order valence-corrected chi connectivity index (χ0v) is 6.84. The van der Waals surface area contributed by atoms with Crippen LogP contribution in [0.1, 0.15) is 11.4 Å². The van der Waals surface area contributed by atoms with E-state index in [-0.39, 0.29) is 6.61 Å². The number of nitrogens with zero attached hydrogens (tertiary/aromatic N) is 1. The van der Waals surface area contributed by atoms with Crippen LogP contribution in [0.25, 0.3) is 6.08 Å². The monoisotopic (exact) mass is 179 g/mol. The smallest absolute Gasteiger partial charge is 0.328 e. The molecule has 0 aromatic carbocycles. The quantitative estimate of drug-likeness (QED) is 0.669. The Morgan fingerprint density at radius 1 is 1.54 bits per heavy atom. The Balaban J connectivity index is 2.83. The summed E-state index contributed by atoms with van der Waals surface area (Å²) in [6, 6.07) is 5.04. The largest absolute Gasteiger partial charge is 0.478 e. The minimum Gasteiger partial charge on any atom is -0.478 e. The van der Waals surface area contributed by atoms with Crippen molar-refractivity contribution < 1.29 is 15.0 Å². The lowest BCUT2D eigenvalue weighted by Gasteiger charge is -1.95. The molecule has 1 aromatic rings. The van der Waals surface area contributed by atoms with Crippen LogP contribution in [0.15, 0.2) is 24.3 Å². The third-order valence-electron chi connectivity index (χ3n) is 1.39. The van der Waals surface area contributed by atoms with Crippen LogP contribution < -0.4 is 0 Å². The summed E-state index contributed by atoms with van der Waals surface area (Å²) in [5, 5.41) is 17.1. The van der Waals surface area contributed by atoms with Gasteiger partial charge >= 0.3 is 5.97 Å². The van der Waals surface area contributed by atoms with Crippen LogP contribution >= 0.6 is 0 Å². The van der Waals surface area contributed by atoms with Crippen LogP contribution in [-0.4, -0.2) is 21.2 Å². The molecule has 0 aliphatic rings. The number of aliphatic carboxylic acids is 1. The molecule has 0 saturated heterocycles. The van der Waals surface area contributed by atoms with Crippen molar-refractivity contribution in [3.05, 3.63) is 35.7 Å². The van der Waals surface area contributed by atoms with Crippen LogP contribution in [-0.2, 0) is 11.4 Å². The van der Waals surface area contributed by atoms with E-state index in [2.05, 4.69) is 4.98 Å². The fraction of sp³-hybridized carbons (Fsp3) is 0.111. The van der Waals surface area contributed by atoms with Gasteiger partial charge in [0, 0.05) is 6.08 Å². The zero-order chi connectivity index (χ0) is 9.68. The Morgan fingerprint density at radius 3 is 2.92 bits per heavy atom. The highest BCUT2D eigenvalue weighted by Crippen LogP contribution is 2.01. The average Bonchev–Trinajstić information content (AvgIpc) is 2.15. The van der Waals surface area contributed by atoms with E-state index < -0.39 is 5.97 Å². The number of aliphatic hydroxyl groups is 1. The number of hydrogen-bond acceptors (Lipinski definition) is 3. The zero-order valence-electron chi connectivity index (χ0n) is 6.84. The normalized spacial score (nSPS) is 10.5. The van der Waals surface area contributed by atoms with Crippen molar-refractivity contribution in [1.29, 1.82) is 0 Å². The van der Waals surface area contributed by atoms with Crippen molar-refractivity contribution in [3.63, 3.8) is 0 Å². The fourth-order valence-corrected chi connectivity index (χ4v) is 0.836. The molecule has 0 fully saturated rings. The maximum atomic E-state index is 10.2. The van der Waals surface area contributed by atoms with Gasteiger partial charge in [-0.15, -0.1) is 0 Å². The van der Waals surface area contributed by atoms with E-state index >= 15 is 0 Å². The average molecular weight is 179 g/mol. The van der Waals surface area contributed by atoms with Crippen LogP contribution in [0, 0.1) is 0 Å². The van der Waals surface area contributed by atoms with Crippen LogP contribution in [0.4, 0.5) is 0 Å². The van der Waals surface area contributed by atoms with Crippen molar-refractivity contribution in [2.45, 2.75) is 6.61 Å². The second kappa shape index (κ2) is 4.37. The summed E-state index contributed by atoms with van der Waals surface area (Å²) < 4.78 is 0. The van der Waals surface area contributed by atoms with E-state index in [0.717, 1.165) is 6.08 Å². The summed E-state index contributed by atoms with van der Waals surface area (Å²) in [5.74, 6) is -1.02. The highest BCUT2D eigenvalue weighted by atomic mass is 16.4. The molecule has 0 bridgehead atoms. The summed E-state index contributed by atoms with van der Waals surface area (Å²) in [6.45, 7) is -0.144. The minimum atomic E-state index is -1.02. The number of pyridine rings is 1. The topological polar surface area (TPSA) is 70.4 Å². The molecule has 1 aromatic heterocycles. The molecule has 0 saturated carbocycles. The van der Waals surface area contributed by atoms with Gasteiger partial charge in [-0.05, 0) is 18.2 Å². The SMILES string of the molecule is O=C(O)C=Cc1cccc(CO)n1. The lowest BCUT2D eigenvalue weighted by molar-refractivity contribution is -0.131. The van der Waals surface area contributed by atoms with Crippen LogP contribution in [0.2, 0.25) is 0 Å². The summed E-state index contributed by atoms with van der Waals surface area (Å²) in [5.41, 5.74) is 1.04. The predicted octanol–water partition coefficient (Wildman–Crippen LogP) is 0.672. The Hall–Kier alpha value is -1.68. The molecule has 1 heterocycles. The first-order chi connectivity index (χ1) is 6.22. The van der Waals surface area contributed by atoms with Crippen molar-refractivity contribution in [2.24, 2.45) is 0 Å². The first-order valence-corrected chi connectivity index (χ1v) is 3.70. The molecule has 13 heavy (non-hydrogen) atoms. The van der Waals surface area contributed by atoms with E-state index in [0.29, 0.717) is 11.4 Å². The van der Waals surface area contributed by atoms with E-state index in [4.69, 9.17) is 10.2 Å². The lowest BCUT2D eigenvalue weighted by atomic mass is 10.3.